The van der Waals surface area contributed by atoms with Gasteiger partial charge in [0.1, 0.15) is 22.9 Å². The highest BCUT2D eigenvalue weighted by atomic mass is 16.5. The Bertz CT molecular complexity index is 489. The normalized spacial score (nSPS) is 15.0. The Morgan fingerprint density at radius 2 is 1.77 bits per heavy atom. The first-order valence-electron chi connectivity index (χ1n) is 7.26. The Labute approximate surface area is 130 Å². The number of nitrogens with one attached hydrogen (secondary N) is 2. The van der Waals surface area contributed by atoms with Crippen molar-refractivity contribution in [3.05, 3.63) is 12.1 Å². The van der Waals surface area contributed by atoms with Gasteiger partial charge in [-0.3, -0.25) is 0 Å². The van der Waals surface area contributed by atoms with Crippen molar-refractivity contribution in [3.8, 4) is 17.2 Å². The van der Waals surface area contributed by atoms with E-state index in [-0.39, 0.29) is 6.03 Å². The summed E-state index contributed by atoms with van der Waals surface area (Å²) in [6, 6.07) is 3.26. The molecule has 1 fully saturated rings. The number of nitrogens with zero attached hydrogens (tertiary/aromatic N) is 1. The van der Waals surface area contributed by atoms with Crippen LogP contribution in [0, 0.1) is 0 Å². The molecule has 0 bridgehead atoms. The molecule has 0 aromatic heterocycles. The number of hydrogen-bond donors (Lipinski definition) is 2. The van der Waals surface area contributed by atoms with Gasteiger partial charge in [0, 0.05) is 31.8 Å². The lowest BCUT2D eigenvalue weighted by Gasteiger charge is -2.22. The molecule has 1 aliphatic rings. The number of rotatable bonds is 4. The van der Waals surface area contributed by atoms with Crippen LogP contribution in [0.25, 0.3) is 0 Å². The molecule has 2 rings (SSSR count). The molecule has 1 aliphatic heterocycles. The largest absolute Gasteiger partial charge is 0.496 e. The van der Waals surface area contributed by atoms with Gasteiger partial charge in [-0.2, -0.15) is 0 Å². The predicted molar refractivity (Wildman–Crippen MR) is 84.2 cm³/mol. The van der Waals surface area contributed by atoms with Crippen LogP contribution in [0.5, 0.6) is 17.2 Å². The van der Waals surface area contributed by atoms with Crippen LogP contribution in [0.15, 0.2) is 12.1 Å². The molecule has 1 aromatic carbocycles. The summed E-state index contributed by atoms with van der Waals surface area (Å²) >= 11 is 0. The van der Waals surface area contributed by atoms with E-state index in [1.54, 1.807) is 38.4 Å². The topological polar surface area (TPSA) is 72.1 Å². The molecule has 7 nitrogen and oxygen atoms in total. The molecule has 1 saturated heterocycles. The number of hydrogen-bond acceptors (Lipinski definition) is 5. The zero-order chi connectivity index (χ0) is 15.9. The molecule has 0 unspecified atom stereocenters. The maximum Gasteiger partial charge on any atom is 0.322 e. The lowest BCUT2D eigenvalue weighted by atomic mass is 10.2. The Morgan fingerprint density at radius 1 is 1.09 bits per heavy atom. The predicted octanol–water partition coefficient (Wildman–Crippen LogP) is 1.54. The van der Waals surface area contributed by atoms with E-state index in [1.165, 1.54) is 0 Å². The summed E-state index contributed by atoms with van der Waals surface area (Å²) in [5, 5.41) is 6.15. The number of benzene rings is 1. The van der Waals surface area contributed by atoms with Gasteiger partial charge >= 0.3 is 6.03 Å². The third kappa shape index (κ3) is 3.73. The van der Waals surface area contributed by atoms with Gasteiger partial charge in [0.05, 0.1) is 21.3 Å². The summed E-state index contributed by atoms with van der Waals surface area (Å²) in [5.74, 6) is 1.60. The second kappa shape index (κ2) is 7.74. The summed E-state index contributed by atoms with van der Waals surface area (Å²) in [5.41, 5.74) is 0.507. The van der Waals surface area contributed by atoms with Crippen LogP contribution in [0.1, 0.15) is 6.42 Å². The van der Waals surface area contributed by atoms with E-state index in [4.69, 9.17) is 14.2 Å². The smallest absolute Gasteiger partial charge is 0.322 e. The number of ether oxygens (including phenoxy) is 3. The molecular formula is C15H23N3O4. The van der Waals surface area contributed by atoms with Crippen molar-refractivity contribution in [3.63, 3.8) is 0 Å². The summed E-state index contributed by atoms with van der Waals surface area (Å²) in [4.78, 5) is 14.2. The van der Waals surface area contributed by atoms with Gasteiger partial charge in [0.25, 0.3) is 0 Å². The zero-order valence-electron chi connectivity index (χ0n) is 13.3. The Morgan fingerprint density at radius 3 is 2.36 bits per heavy atom. The van der Waals surface area contributed by atoms with E-state index >= 15 is 0 Å². The second-order valence-corrected chi connectivity index (χ2v) is 4.93. The number of methoxy groups -OCH3 is 3. The molecule has 0 radical (unpaired) electrons. The maximum atomic E-state index is 12.5. The zero-order valence-corrected chi connectivity index (χ0v) is 13.3. The van der Waals surface area contributed by atoms with Crippen LogP contribution in [-0.4, -0.2) is 58.4 Å². The maximum absolute atomic E-state index is 12.5. The van der Waals surface area contributed by atoms with Crippen LogP contribution in [0.3, 0.4) is 0 Å². The number of anilines is 1. The van der Waals surface area contributed by atoms with E-state index in [1.807, 2.05) is 0 Å². The molecule has 7 heteroatoms. The van der Waals surface area contributed by atoms with Crippen molar-refractivity contribution in [1.29, 1.82) is 0 Å². The molecule has 0 spiro atoms. The number of amides is 2. The molecule has 1 aromatic rings. The van der Waals surface area contributed by atoms with Gasteiger partial charge in [-0.05, 0) is 13.0 Å². The third-order valence-electron chi connectivity index (χ3n) is 3.57. The highest BCUT2D eigenvalue weighted by Gasteiger charge is 2.20. The highest BCUT2D eigenvalue weighted by Crippen LogP contribution is 2.39. The van der Waals surface area contributed by atoms with Crippen molar-refractivity contribution >= 4 is 11.7 Å². The minimum atomic E-state index is -0.162. The van der Waals surface area contributed by atoms with Gasteiger partial charge in [0.15, 0.2) is 0 Å². The van der Waals surface area contributed by atoms with E-state index in [0.717, 1.165) is 26.1 Å². The number of carbonyl (C=O) groups excluding carboxylic acids is 1. The van der Waals surface area contributed by atoms with E-state index in [2.05, 4.69) is 10.6 Å². The Kier molecular flexibility index (Phi) is 5.71. The molecule has 122 valence electrons. The molecule has 0 aliphatic carbocycles. The summed E-state index contributed by atoms with van der Waals surface area (Å²) in [6.45, 7) is 3.12. The lowest BCUT2D eigenvalue weighted by molar-refractivity contribution is 0.215. The summed E-state index contributed by atoms with van der Waals surface area (Å²) < 4.78 is 15.9. The highest BCUT2D eigenvalue weighted by molar-refractivity contribution is 5.93. The van der Waals surface area contributed by atoms with Crippen molar-refractivity contribution in [2.75, 3.05) is 52.8 Å². The fourth-order valence-corrected chi connectivity index (χ4v) is 2.36. The minimum Gasteiger partial charge on any atom is -0.496 e. The summed E-state index contributed by atoms with van der Waals surface area (Å²) in [7, 11) is 4.65. The fourth-order valence-electron chi connectivity index (χ4n) is 2.36. The molecule has 0 atom stereocenters. The van der Waals surface area contributed by atoms with Crippen LogP contribution in [0.4, 0.5) is 10.5 Å². The third-order valence-corrected chi connectivity index (χ3v) is 3.57. The molecule has 1 heterocycles. The molecule has 22 heavy (non-hydrogen) atoms. The fraction of sp³-hybridized carbons (Fsp3) is 0.533. The van der Waals surface area contributed by atoms with E-state index in [0.29, 0.717) is 29.5 Å². The first-order chi connectivity index (χ1) is 10.7. The van der Waals surface area contributed by atoms with Crippen LogP contribution < -0.4 is 24.8 Å². The number of carbonyl (C=O) groups is 1. The van der Waals surface area contributed by atoms with Crippen molar-refractivity contribution in [2.24, 2.45) is 0 Å². The Balaban J connectivity index is 2.21. The van der Waals surface area contributed by atoms with E-state index < -0.39 is 0 Å². The first kappa shape index (κ1) is 16.2. The van der Waals surface area contributed by atoms with Crippen molar-refractivity contribution in [2.45, 2.75) is 6.42 Å². The standard InChI is InChI=1S/C15H23N3O4/c1-20-11-9-12(21-2)14(13(10-11)22-3)17-15(19)18-7-4-5-16-6-8-18/h9-10,16H,4-8H2,1-3H3,(H,17,19). The van der Waals surface area contributed by atoms with Gasteiger partial charge in [-0.15, -0.1) is 0 Å². The number of urea groups is 1. The monoisotopic (exact) mass is 309 g/mol. The van der Waals surface area contributed by atoms with Gasteiger partial charge in [-0.25, -0.2) is 4.79 Å². The molecule has 2 amide bonds. The molecule has 2 N–H and O–H groups in total. The van der Waals surface area contributed by atoms with Gasteiger partial charge < -0.3 is 29.7 Å². The molecular weight excluding hydrogens is 286 g/mol. The second-order valence-electron chi connectivity index (χ2n) is 4.93. The minimum absolute atomic E-state index is 0.162. The first-order valence-corrected chi connectivity index (χ1v) is 7.26. The quantitative estimate of drug-likeness (QED) is 0.883. The van der Waals surface area contributed by atoms with Crippen molar-refractivity contribution < 1.29 is 19.0 Å². The van der Waals surface area contributed by atoms with Gasteiger partial charge in [0.2, 0.25) is 0 Å². The summed E-state index contributed by atoms with van der Waals surface area (Å²) in [6.07, 6.45) is 0.935. The lowest BCUT2D eigenvalue weighted by Crippen LogP contribution is -2.37. The van der Waals surface area contributed by atoms with Gasteiger partial charge in [-0.1, -0.05) is 0 Å². The van der Waals surface area contributed by atoms with Crippen LogP contribution in [-0.2, 0) is 0 Å². The van der Waals surface area contributed by atoms with Crippen LogP contribution in [0.2, 0.25) is 0 Å². The van der Waals surface area contributed by atoms with Crippen LogP contribution >= 0.6 is 0 Å². The molecule has 0 saturated carbocycles. The van der Waals surface area contributed by atoms with Crippen molar-refractivity contribution in [1.82, 2.24) is 10.2 Å². The average Bonchev–Trinajstić information content (AvgIpc) is 2.84. The average molecular weight is 309 g/mol. The SMILES string of the molecule is COc1cc(OC)c(NC(=O)N2CCCNCC2)c(OC)c1. The Hall–Kier alpha value is -2.15. The van der Waals surface area contributed by atoms with E-state index in [9.17, 15) is 4.79 Å².